The molecule has 0 radical (unpaired) electrons. The van der Waals surface area contributed by atoms with Gasteiger partial charge in [-0.3, -0.25) is 4.79 Å². The summed E-state index contributed by atoms with van der Waals surface area (Å²) in [4.78, 5) is 12.7. The van der Waals surface area contributed by atoms with E-state index in [0.29, 0.717) is 0 Å². The third-order valence-corrected chi connectivity index (χ3v) is 5.27. The molecule has 12 nitrogen and oxygen atoms in total. The number of hydrogen-bond acceptors (Lipinski definition) is 12. The van der Waals surface area contributed by atoms with Crippen molar-refractivity contribution in [2.45, 2.75) is 30.7 Å². The molecule has 4 rings (SSSR count). The first kappa shape index (κ1) is 22.6. The number of benzene rings is 2. The molecule has 0 spiro atoms. The van der Waals surface area contributed by atoms with Crippen LogP contribution in [0.15, 0.2) is 39.5 Å². The molecule has 1 fully saturated rings. The fraction of sp³-hybridized carbons (Fsp3) is 0.286. The van der Waals surface area contributed by atoms with E-state index in [0.717, 1.165) is 18.2 Å². The molecule has 33 heavy (non-hydrogen) atoms. The van der Waals surface area contributed by atoms with Gasteiger partial charge in [-0.2, -0.15) is 0 Å². The lowest BCUT2D eigenvalue weighted by atomic mass is 9.99. The van der Waals surface area contributed by atoms with E-state index in [2.05, 4.69) is 0 Å². The fourth-order valence-corrected chi connectivity index (χ4v) is 3.49. The van der Waals surface area contributed by atoms with Crippen molar-refractivity contribution in [3.63, 3.8) is 0 Å². The van der Waals surface area contributed by atoms with E-state index in [-0.39, 0.29) is 28.0 Å². The lowest BCUT2D eigenvalue weighted by molar-refractivity contribution is -0.277. The summed E-state index contributed by atoms with van der Waals surface area (Å²) in [7, 11) is 0. The molecule has 3 aromatic rings. The zero-order valence-electron chi connectivity index (χ0n) is 16.7. The standard InChI is InChI=1S/C21H20O12/c22-6-14-16(27)18(29)19(30)21(32-14)33-20-11(26)5-13-15(17(20)28)10(25)4-12(31-13)7-1-2-8(23)9(24)3-7/h1-5,14,16,18-19,21-24,26-30H,6H2. The smallest absolute Gasteiger partial charge is 0.229 e. The van der Waals surface area contributed by atoms with Crippen LogP contribution in [0.3, 0.4) is 0 Å². The molecule has 5 unspecified atom stereocenters. The highest BCUT2D eigenvalue weighted by Crippen LogP contribution is 2.43. The Hall–Kier alpha value is -3.55. The highest BCUT2D eigenvalue weighted by molar-refractivity contribution is 5.89. The highest BCUT2D eigenvalue weighted by Gasteiger charge is 2.45. The number of aliphatic hydroxyl groups excluding tert-OH is 4. The summed E-state index contributed by atoms with van der Waals surface area (Å²) in [6, 6.07) is 5.66. The van der Waals surface area contributed by atoms with Crippen molar-refractivity contribution in [2.24, 2.45) is 0 Å². The molecule has 1 saturated heterocycles. The number of hydrogen-bond donors (Lipinski definition) is 8. The Labute approximate surface area is 184 Å². The van der Waals surface area contributed by atoms with E-state index in [4.69, 9.17) is 13.9 Å². The van der Waals surface area contributed by atoms with Gasteiger partial charge in [0.1, 0.15) is 41.1 Å². The largest absolute Gasteiger partial charge is 0.504 e. The molecule has 2 heterocycles. The Morgan fingerprint density at radius 2 is 1.61 bits per heavy atom. The van der Waals surface area contributed by atoms with Crippen LogP contribution in [0.4, 0.5) is 0 Å². The van der Waals surface area contributed by atoms with Gasteiger partial charge in [0, 0.05) is 17.7 Å². The van der Waals surface area contributed by atoms with Crippen LogP contribution in [0.25, 0.3) is 22.3 Å². The average Bonchev–Trinajstić information content (AvgIpc) is 2.77. The van der Waals surface area contributed by atoms with Crippen molar-refractivity contribution >= 4 is 11.0 Å². The molecule has 1 aromatic heterocycles. The van der Waals surface area contributed by atoms with E-state index in [1.807, 2.05) is 0 Å². The van der Waals surface area contributed by atoms with Crippen molar-refractivity contribution in [2.75, 3.05) is 6.61 Å². The van der Waals surface area contributed by atoms with Gasteiger partial charge in [0.25, 0.3) is 0 Å². The van der Waals surface area contributed by atoms with Gasteiger partial charge >= 0.3 is 0 Å². The van der Waals surface area contributed by atoms with Gasteiger partial charge < -0.3 is 54.7 Å². The van der Waals surface area contributed by atoms with Crippen molar-refractivity contribution in [1.82, 2.24) is 0 Å². The van der Waals surface area contributed by atoms with Crippen molar-refractivity contribution in [3.05, 3.63) is 40.6 Å². The lowest BCUT2D eigenvalue weighted by Gasteiger charge is -2.39. The zero-order chi connectivity index (χ0) is 24.0. The van der Waals surface area contributed by atoms with Gasteiger partial charge in [-0.15, -0.1) is 0 Å². The Bertz CT molecular complexity index is 1250. The first-order valence-corrected chi connectivity index (χ1v) is 9.64. The van der Waals surface area contributed by atoms with E-state index in [1.165, 1.54) is 12.1 Å². The van der Waals surface area contributed by atoms with E-state index < -0.39 is 65.7 Å². The molecule has 8 N–H and O–H groups in total. The van der Waals surface area contributed by atoms with Crippen LogP contribution in [0, 0.1) is 0 Å². The van der Waals surface area contributed by atoms with Crippen LogP contribution >= 0.6 is 0 Å². The average molecular weight is 464 g/mol. The summed E-state index contributed by atoms with van der Waals surface area (Å²) >= 11 is 0. The predicted molar refractivity (Wildman–Crippen MR) is 109 cm³/mol. The number of fused-ring (bicyclic) bond motifs is 1. The van der Waals surface area contributed by atoms with Gasteiger partial charge in [-0.05, 0) is 18.2 Å². The monoisotopic (exact) mass is 464 g/mol. The minimum absolute atomic E-state index is 0.0378. The topological polar surface area (TPSA) is 211 Å². The molecule has 0 aliphatic carbocycles. The Kier molecular flexibility index (Phi) is 5.78. The first-order valence-electron chi connectivity index (χ1n) is 9.64. The quantitative estimate of drug-likeness (QED) is 0.229. The molecule has 12 heteroatoms. The van der Waals surface area contributed by atoms with Crippen LogP contribution in [0.1, 0.15) is 0 Å². The molecule has 0 saturated carbocycles. The highest BCUT2D eigenvalue weighted by atomic mass is 16.7. The van der Waals surface area contributed by atoms with Crippen LogP contribution in [-0.4, -0.2) is 78.2 Å². The molecule has 176 valence electrons. The third-order valence-electron chi connectivity index (χ3n) is 5.27. The Balaban J connectivity index is 1.75. The Morgan fingerprint density at radius 3 is 2.27 bits per heavy atom. The second kappa shape index (κ2) is 8.42. The normalized spacial score (nSPS) is 25.3. The van der Waals surface area contributed by atoms with Gasteiger partial charge in [0.15, 0.2) is 28.4 Å². The molecule has 1 aliphatic heterocycles. The number of rotatable bonds is 4. The maximum Gasteiger partial charge on any atom is 0.229 e. The van der Waals surface area contributed by atoms with Gasteiger partial charge in [0.2, 0.25) is 12.0 Å². The number of ether oxygens (including phenoxy) is 2. The van der Waals surface area contributed by atoms with Gasteiger partial charge in [0.05, 0.1) is 6.61 Å². The molecule has 0 amide bonds. The van der Waals surface area contributed by atoms with Crippen LogP contribution in [0.5, 0.6) is 28.7 Å². The second-order valence-corrected chi connectivity index (χ2v) is 7.44. The number of aromatic hydroxyl groups is 4. The SMILES string of the molecule is O=c1cc(-c2ccc(O)c(O)c2)oc2cc(O)c(OC3OC(CO)C(O)C(O)C3O)c(O)c12. The maximum absolute atomic E-state index is 12.7. The molecule has 2 aromatic carbocycles. The second-order valence-electron chi connectivity index (χ2n) is 7.44. The summed E-state index contributed by atoms with van der Waals surface area (Å²) in [5.41, 5.74) is -0.777. The van der Waals surface area contributed by atoms with Crippen LogP contribution in [-0.2, 0) is 4.74 Å². The Morgan fingerprint density at radius 1 is 0.879 bits per heavy atom. The zero-order valence-corrected chi connectivity index (χ0v) is 16.7. The summed E-state index contributed by atoms with van der Waals surface area (Å²) in [5, 5.41) is 78.8. The van der Waals surface area contributed by atoms with Crippen LogP contribution in [0.2, 0.25) is 0 Å². The summed E-state index contributed by atoms with van der Waals surface area (Å²) < 4.78 is 16.0. The molecule has 5 atom stereocenters. The summed E-state index contributed by atoms with van der Waals surface area (Å²) in [6.07, 6.45) is -8.25. The third kappa shape index (κ3) is 3.90. The van der Waals surface area contributed by atoms with Crippen molar-refractivity contribution < 1.29 is 54.7 Å². The maximum atomic E-state index is 12.7. The first-order chi connectivity index (χ1) is 15.6. The van der Waals surface area contributed by atoms with Crippen molar-refractivity contribution in [1.29, 1.82) is 0 Å². The van der Waals surface area contributed by atoms with Gasteiger partial charge in [-0.1, -0.05) is 0 Å². The fourth-order valence-electron chi connectivity index (χ4n) is 3.49. The number of phenolic OH excluding ortho intramolecular Hbond substituents is 4. The van der Waals surface area contributed by atoms with E-state index in [9.17, 15) is 45.6 Å². The van der Waals surface area contributed by atoms with E-state index in [1.54, 1.807) is 0 Å². The molecular weight excluding hydrogens is 444 g/mol. The molecule has 1 aliphatic rings. The predicted octanol–water partition coefficient (Wildman–Crippen LogP) is -0.539. The number of phenols is 4. The van der Waals surface area contributed by atoms with Gasteiger partial charge in [-0.25, -0.2) is 0 Å². The minimum Gasteiger partial charge on any atom is -0.504 e. The molecular formula is C21H20O12. The van der Waals surface area contributed by atoms with Crippen molar-refractivity contribution in [3.8, 4) is 40.1 Å². The minimum atomic E-state index is -1.82. The lowest BCUT2D eigenvalue weighted by Crippen LogP contribution is -2.60. The summed E-state index contributed by atoms with van der Waals surface area (Å²) in [6.45, 7) is -0.723. The summed E-state index contributed by atoms with van der Waals surface area (Å²) in [5.74, 6) is -3.11. The van der Waals surface area contributed by atoms with E-state index >= 15 is 0 Å². The molecule has 0 bridgehead atoms. The number of aliphatic hydroxyl groups is 4. The van der Waals surface area contributed by atoms with Crippen LogP contribution < -0.4 is 10.2 Å².